The second-order valence-electron chi connectivity index (χ2n) is 4.07. The molecular weight excluding hydrogens is 218 g/mol. The zero-order valence-electron chi connectivity index (χ0n) is 10.4. The molecule has 90 valence electrons. The Morgan fingerprint density at radius 1 is 1.25 bits per heavy atom. The van der Waals surface area contributed by atoms with Crippen LogP contribution in [0.5, 0.6) is 0 Å². The summed E-state index contributed by atoms with van der Waals surface area (Å²) in [6, 6.07) is 6.10. The standard InChI is InChI=1S/C13H21NOS/c1-4-7-14-8-9-16(15)13-6-5-11(2)10-12(13)3/h5-6,10,14H,4,7-9H2,1-3H3. The van der Waals surface area contributed by atoms with Crippen LogP contribution in [0.3, 0.4) is 0 Å². The number of hydrogen-bond donors (Lipinski definition) is 1. The van der Waals surface area contributed by atoms with Gasteiger partial charge in [-0.2, -0.15) is 0 Å². The molecule has 16 heavy (non-hydrogen) atoms. The summed E-state index contributed by atoms with van der Waals surface area (Å²) in [6.45, 7) is 8.05. The Morgan fingerprint density at radius 3 is 2.62 bits per heavy atom. The Bertz CT molecular complexity index is 363. The van der Waals surface area contributed by atoms with Gasteiger partial charge >= 0.3 is 0 Å². The fraction of sp³-hybridized carbons (Fsp3) is 0.538. The van der Waals surface area contributed by atoms with E-state index in [0.29, 0.717) is 5.75 Å². The van der Waals surface area contributed by atoms with Crippen LogP contribution in [-0.4, -0.2) is 23.1 Å². The number of nitrogens with one attached hydrogen (secondary N) is 1. The van der Waals surface area contributed by atoms with Crippen molar-refractivity contribution < 1.29 is 4.21 Å². The average Bonchev–Trinajstić information content (AvgIpc) is 2.24. The van der Waals surface area contributed by atoms with Crippen LogP contribution in [-0.2, 0) is 10.8 Å². The molecule has 0 spiro atoms. The van der Waals surface area contributed by atoms with Gasteiger partial charge in [0, 0.05) is 17.2 Å². The molecule has 1 aromatic rings. The lowest BCUT2D eigenvalue weighted by Gasteiger charge is -2.07. The van der Waals surface area contributed by atoms with E-state index >= 15 is 0 Å². The van der Waals surface area contributed by atoms with Gasteiger partial charge in [-0.15, -0.1) is 0 Å². The first-order valence-corrected chi connectivity index (χ1v) is 7.13. The summed E-state index contributed by atoms with van der Waals surface area (Å²) in [5.41, 5.74) is 2.36. The number of aryl methyl sites for hydroxylation is 2. The first-order chi connectivity index (χ1) is 7.65. The van der Waals surface area contributed by atoms with Gasteiger partial charge in [-0.1, -0.05) is 24.6 Å². The molecule has 0 aliphatic heterocycles. The number of benzene rings is 1. The molecule has 0 saturated carbocycles. The van der Waals surface area contributed by atoms with Crippen LogP contribution in [0.4, 0.5) is 0 Å². The lowest BCUT2D eigenvalue weighted by atomic mass is 10.2. The van der Waals surface area contributed by atoms with Gasteiger partial charge in [-0.05, 0) is 38.4 Å². The number of hydrogen-bond acceptors (Lipinski definition) is 2. The minimum atomic E-state index is -0.869. The Kier molecular flexibility index (Phi) is 5.71. The SMILES string of the molecule is CCCNCCS(=O)c1ccc(C)cc1C. The summed E-state index contributed by atoms with van der Waals surface area (Å²) in [6.07, 6.45) is 1.12. The fourth-order valence-electron chi connectivity index (χ4n) is 1.63. The van der Waals surface area contributed by atoms with E-state index in [0.717, 1.165) is 30.0 Å². The fourth-order valence-corrected chi connectivity index (χ4v) is 2.82. The van der Waals surface area contributed by atoms with Crippen molar-refractivity contribution in [3.63, 3.8) is 0 Å². The molecular formula is C13H21NOS. The highest BCUT2D eigenvalue weighted by Crippen LogP contribution is 2.14. The van der Waals surface area contributed by atoms with E-state index in [2.05, 4.69) is 25.2 Å². The lowest BCUT2D eigenvalue weighted by molar-refractivity contribution is 0.669. The monoisotopic (exact) mass is 239 g/mol. The minimum absolute atomic E-state index is 0.698. The lowest BCUT2D eigenvalue weighted by Crippen LogP contribution is -2.21. The van der Waals surface area contributed by atoms with Crippen molar-refractivity contribution in [1.82, 2.24) is 5.32 Å². The Balaban J connectivity index is 2.53. The summed E-state index contributed by atoms with van der Waals surface area (Å²) in [4.78, 5) is 0.976. The molecule has 1 rings (SSSR count). The van der Waals surface area contributed by atoms with Crippen LogP contribution in [0.1, 0.15) is 24.5 Å². The maximum atomic E-state index is 12.0. The topological polar surface area (TPSA) is 29.1 Å². The van der Waals surface area contributed by atoms with Gasteiger partial charge in [0.25, 0.3) is 0 Å². The molecule has 1 unspecified atom stereocenters. The Labute approximate surface area is 101 Å². The molecule has 0 fully saturated rings. The summed E-state index contributed by atoms with van der Waals surface area (Å²) in [5.74, 6) is 0.698. The van der Waals surface area contributed by atoms with Crippen molar-refractivity contribution in [3.05, 3.63) is 29.3 Å². The van der Waals surface area contributed by atoms with E-state index in [-0.39, 0.29) is 0 Å². The predicted octanol–water partition coefficient (Wildman–Crippen LogP) is 2.41. The highest BCUT2D eigenvalue weighted by atomic mass is 32.2. The van der Waals surface area contributed by atoms with Gasteiger partial charge in [0.05, 0.1) is 10.8 Å². The Hall–Kier alpha value is -0.670. The molecule has 2 nitrogen and oxygen atoms in total. The van der Waals surface area contributed by atoms with E-state index in [1.54, 1.807) is 0 Å². The molecule has 0 aromatic heterocycles. The molecule has 0 radical (unpaired) electrons. The van der Waals surface area contributed by atoms with E-state index in [1.165, 1.54) is 5.56 Å². The van der Waals surface area contributed by atoms with Gasteiger partial charge < -0.3 is 5.32 Å². The van der Waals surface area contributed by atoms with Crippen molar-refractivity contribution >= 4 is 10.8 Å². The van der Waals surface area contributed by atoms with Crippen LogP contribution in [0.2, 0.25) is 0 Å². The quantitative estimate of drug-likeness (QED) is 0.772. The zero-order chi connectivity index (χ0) is 12.0. The molecule has 0 heterocycles. The molecule has 3 heteroatoms. The zero-order valence-corrected chi connectivity index (χ0v) is 11.2. The van der Waals surface area contributed by atoms with E-state index in [1.807, 2.05) is 19.1 Å². The van der Waals surface area contributed by atoms with Gasteiger partial charge in [0.2, 0.25) is 0 Å². The summed E-state index contributed by atoms with van der Waals surface area (Å²) >= 11 is 0. The average molecular weight is 239 g/mol. The highest BCUT2D eigenvalue weighted by Gasteiger charge is 2.06. The predicted molar refractivity (Wildman–Crippen MR) is 70.4 cm³/mol. The second kappa shape index (κ2) is 6.81. The van der Waals surface area contributed by atoms with Crippen LogP contribution >= 0.6 is 0 Å². The van der Waals surface area contributed by atoms with Gasteiger partial charge in [0.1, 0.15) is 0 Å². The van der Waals surface area contributed by atoms with Crippen LogP contribution in [0, 0.1) is 13.8 Å². The van der Waals surface area contributed by atoms with Crippen molar-refractivity contribution in [2.75, 3.05) is 18.8 Å². The van der Waals surface area contributed by atoms with E-state index in [9.17, 15) is 4.21 Å². The number of rotatable bonds is 6. The smallest absolute Gasteiger partial charge is 0.0545 e. The van der Waals surface area contributed by atoms with Crippen LogP contribution < -0.4 is 5.32 Å². The summed E-state index contributed by atoms with van der Waals surface area (Å²) in [5, 5.41) is 3.27. The Morgan fingerprint density at radius 2 is 2.00 bits per heavy atom. The summed E-state index contributed by atoms with van der Waals surface area (Å²) in [7, 11) is -0.869. The minimum Gasteiger partial charge on any atom is -0.316 e. The molecule has 1 N–H and O–H groups in total. The first-order valence-electron chi connectivity index (χ1n) is 5.81. The molecule has 1 aromatic carbocycles. The third-order valence-corrected chi connectivity index (χ3v) is 3.99. The maximum absolute atomic E-state index is 12.0. The van der Waals surface area contributed by atoms with E-state index < -0.39 is 10.8 Å². The van der Waals surface area contributed by atoms with Crippen molar-refractivity contribution in [1.29, 1.82) is 0 Å². The molecule has 0 bridgehead atoms. The second-order valence-corrected chi connectivity index (χ2v) is 5.61. The van der Waals surface area contributed by atoms with Crippen molar-refractivity contribution in [3.8, 4) is 0 Å². The molecule has 0 aliphatic carbocycles. The van der Waals surface area contributed by atoms with Crippen molar-refractivity contribution in [2.24, 2.45) is 0 Å². The van der Waals surface area contributed by atoms with Crippen LogP contribution in [0.25, 0.3) is 0 Å². The normalized spacial score (nSPS) is 12.7. The first kappa shape index (κ1) is 13.4. The largest absolute Gasteiger partial charge is 0.316 e. The highest BCUT2D eigenvalue weighted by molar-refractivity contribution is 7.85. The van der Waals surface area contributed by atoms with Crippen molar-refractivity contribution in [2.45, 2.75) is 32.1 Å². The van der Waals surface area contributed by atoms with Gasteiger partial charge in [-0.25, -0.2) is 0 Å². The molecule has 1 atom stereocenters. The third-order valence-electron chi connectivity index (χ3n) is 2.47. The molecule has 0 amide bonds. The van der Waals surface area contributed by atoms with Gasteiger partial charge in [-0.3, -0.25) is 4.21 Å². The maximum Gasteiger partial charge on any atom is 0.0545 e. The molecule has 0 saturated heterocycles. The third kappa shape index (κ3) is 4.06. The van der Waals surface area contributed by atoms with Crippen LogP contribution in [0.15, 0.2) is 23.1 Å². The summed E-state index contributed by atoms with van der Waals surface area (Å²) < 4.78 is 12.0. The van der Waals surface area contributed by atoms with E-state index in [4.69, 9.17) is 0 Å². The van der Waals surface area contributed by atoms with Gasteiger partial charge in [0.15, 0.2) is 0 Å². The molecule has 0 aliphatic rings.